The summed E-state index contributed by atoms with van der Waals surface area (Å²) in [5.41, 5.74) is 5.25. The van der Waals surface area contributed by atoms with Crippen molar-refractivity contribution < 1.29 is 14.3 Å². The first-order valence-electron chi connectivity index (χ1n) is 6.74. The van der Waals surface area contributed by atoms with E-state index in [1.54, 1.807) is 0 Å². The summed E-state index contributed by atoms with van der Waals surface area (Å²) < 4.78 is 10.1. The van der Waals surface area contributed by atoms with E-state index in [4.69, 9.17) is 15.2 Å². The molecule has 0 aromatic carbocycles. The van der Waals surface area contributed by atoms with Gasteiger partial charge in [-0.25, -0.2) is 0 Å². The molecule has 102 valence electrons. The number of esters is 1. The average Bonchev–Trinajstić information content (AvgIpc) is 2.33. The minimum Gasteiger partial charge on any atom is -0.463 e. The van der Waals surface area contributed by atoms with Crippen LogP contribution < -0.4 is 5.73 Å². The third-order valence-electron chi connectivity index (χ3n) is 2.49. The summed E-state index contributed by atoms with van der Waals surface area (Å²) in [7, 11) is 0. The van der Waals surface area contributed by atoms with Crippen molar-refractivity contribution in [3.05, 3.63) is 0 Å². The first kappa shape index (κ1) is 16.4. The number of carbonyl (C=O) groups excluding carboxylic acids is 1. The monoisotopic (exact) mass is 245 g/mol. The zero-order valence-electron chi connectivity index (χ0n) is 11.1. The van der Waals surface area contributed by atoms with Gasteiger partial charge in [0.2, 0.25) is 0 Å². The van der Waals surface area contributed by atoms with Crippen molar-refractivity contribution in [2.45, 2.75) is 51.9 Å². The summed E-state index contributed by atoms with van der Waals surface area (Å²) in [6, 6.07) is 0. The summed E-state index contributed by atoms with van der Waals surface area (Å²) in [5.74, 6) is -0.114. The van der Waals surface area contributed by atoms with Gasteiger partial charge in [0.25, 0.3) is 0 Å². The average molecular weight is 245 g/mol. The Morgan fingerprint density at radius 1 is 1.00 bits per heavy atom. The Morgan fingerprint density at radius 3 is 2.41 bits per heavy atom. The maximum atomic E-state index is 11.3. The molecule has 2 N–H and O–H groups in total. The fourth-order valence-corrected chi connectivity index (χ4v) is 1.52. The molecule has 4 nitrogen and oxygen atoms in total. The van der Waals surface area contributed by atoms with Gasteiger partial charge < -0.3 is 15.2 Å². The summed E-state index contributed by atoms with van der Waals surface area (Å²) in [5, 5.41) is 0. The molecule has 0 bridgehead atoms. The molecule has 0 aliphatic carbocycles. The van der Waals surface area contributed by atoms with Gasteiger partial charge in [-0.15, -0.1) is 0 Å². The molecule has 4 heteroatoms. The van der Waals surface area contributed by atoms with Gasteiger partial charge in [0.05, 0.1) is 13.2 Å². The van der Waals surface area contributed by atoms with Crippen LogP contribution in [0.25, 0.3) is 0 Å². The lowest BCUT2D eigenvalue weighted by molar-refractivity contribution is -0.145. The van der Waals surface area contributed by atoms with Crippen LogP contribution in [-0.4, -0.2) is 32.3 Å². The van der Waals surface area contributed by atoms with Gasteiger partial charge in [-0.05, 0) is 6.42 Å². The molecular formula is C13H27NO3. The molecular weight excluding hydrogens is 218 g/mol. The number of nitrogens with two attached hydrogens (primary N) is 1. The number of rotatable bonds is 12. The van der Waals surface area contributed by atoms with E-state index < -0.39 is 0 Å². The molecule has 0 fully saturated rings. The Labute approximate surface area is 105 Å². The molecule has 0 aromatic heterocycles. The third kappa shape index (κ3) is 13.3. The molecule has 0 aromatic rings. The zero-order valence-corrected chi connectivity index (χ0v) is 11.1. The van der Waals surface area contributed by atoms with Crippen LogP contribution >= 0.6 is 0 Å². The van der Waals surface area contributed by atoms with Crippen molar-refractivity contribution in [3.8, 4) is 0 Å². The van der Waals surface area contributed by atoms with Crippen LogP contribution in [0.3, 0.4) is 0 Å². The van der Waals surface area contributed by atoms with E-state index in [1.165, 1.54) is 25.7 Å². The molecule has 0 radical (unpaired) electrons. The van der Waals surface area contributed by atoms with Gasteiger partial charge in [0.15, 0.2) is 0 Å². The number of hydrogen-bond donors (Lipinski definition) is 1. The standard InChI is InChI=1S/C13H27NO3/c1-2-3-4-5-6-7-8-13(15)17-12-11-16-10-9-14/h2-12,14H2,1H3. The predicted octanol–water partition coefficient (Wildman–Crippen LogP) is 2.26. The van der Waals surface area contributed by atoms with E-state index in [0.717, 1.165) is 12.8 Å². The summed E-state index contributed by atoms with van der Waals surface area (Å²) >= 11 is 0. The molecule has 0 spiro atoms. The van der Waals surface area contributed by atoms with Crippen LogP contribution in [0.2, 0.25) is 0 Å². The van der Waals surface area contributed by atoms with Crippen LogP contribution in [0.4, 0.5) is 0 Å². The highest BCUT2D eigenvalue weighted by atomic mass is 16.6. The molecule has 0 amide bonds. The number of carbonyl (C=O) groups is 1. The molecule has 0 aliphatic heterocycles. The highest BCUT2D eigenvalue weighted by molar-refractivity contribution is 5.69. The minimum absolute atomic E-state index is 0.114. The van der Waals surface area contributed by atoms with Crippen LogP contribution in [0.5, 0.6) is 0 Å². The quantitative estimate of drug-likeness (QED) is 0.423. The maximum absolute atomic E-state index is 11.3. The molecule has 0 saturated carbocycles. The molecule has 0 aliphatic rings. The molecule has 0 heterocycles. The van der Waals surface area contributed by atoms with Crippen molar-refractivity contribution in [1.29, 1.82) is 0 Å². The Morgan fingerprint density at radius 2 is 1.71 bits per heavy atom. The van der Waals surface area contributed by atoms with E-state index in [-0.39, 0.29) is 5.97 Å². The van der Waals surface area contributed by atoms with Crippen LogP contribution in [0.1, 0.15) is 51.9 Å². The predicted molar refractivity (Wildman–Crippen MR) is 68.8 cm³/mol. The van der Waals surface area contributed by atoms with Crippen LogP contribution in [0.15, 0.2) is 0 Å². The first-order valence-corrected chi connectivity index (χ1v) is 6.74. The topological polar surface area (TPSA) is 61.5 Å². The van der Waals surface area contributed by atoms with E-state index in [0.29, 0.717) is 32.8 Å². The minimum atomic E-state index is -0.114. The van der Waals surface area contributed by atoms with Gasteiger partial charge in [-0.2, -0.15) is 0 Å². The molecule has 17 heavy (non-hydrogen) atoms. The second kappa shape index (κ2) is 13.5. The fourth-order valence-electron chi connectivity index (χ4n) is 1.52. The van der Waals surface area contributed by atoms with Crippen molar-refractivity contribution in [2.24, 2.45) is 5.73 Å². The van der Waals surface area contributed by atoms with Gasteiger partial charge in [0.1, 0.15) is 6.61 Å². The zero-order chi connectivity index (χ0) is 12.8. The van der Waals surface area contributed by atoms with Crippen molar-refractivity contribution in [2.75, 3.05) is 26.4 Å². The van der Waals surface area contributed by atoms with Gasteiger partial charge in [-0.1, -0.05) is 39.0 Å². The van der Waals surface area contributed by atoms with Crippen LogP contribution in [-0.2, 0) is 14.3 Å². The van der Waals surface area contributed by atoms with Gasteiger partial charge in [-0.3, -0.25) is 4.79 Å². The SMILES string of the molecule is CCCCCCCCC(=O)OCCOCCN. The van der Waals surface area contributed by atoms with E-state index in [9.17, 15) is 4.79 Å². The lowest BCUT2D eigenvalue weighted by atomic mass is 10.1. The van der Waals surface area contributed by atoms with E-state index in [2.05, 4.69) is 6.92 Å². The molecule has 0 saturated heterocycles. The van der Waals surface area contributed by atoms with Crippen molar-refractivity contribution in [3.63, 3.8) is 0 Å². The highest BCUT2D eigenvalue weighted by Crippen LogP contribution is 2.07. The lowest BCUT2D eigenvalue weighted by Crippen LogP contribution is -2.14. The summed E-state index contributed by atoms with van der Waals surface area (Å²) in [6.45, 7) is 4.01. The van der Waals surface area contributed by atoms with E-state index in [1.807, 2.05) is 0 Å². The highest BCUT2D eigenvalue weighted by Gasteiger charge is 2.01. The van der Waals surface area contributed by atoms with E-state index >= 15 is 0 Å². The smallest absolute Gasteiger partial charge is 0.305 e. The van der Waals surface area contributed by atoms with Gasteiger partial charge >= 0.3 is 5.97 Å². The Bertz CT molecular complexity index is 174. The first-order chi connectivity index (χ1) is 8.31. The fraction of sp³-hybridized carbons (Fsp3) is 0.923. The maximum Gasteiger partial charge on any atom is 0.305 e. The van der Waals surface area contributed by atoms with Crippen molar-refractivity contribution in [1.82, 2.24) is 0 Å². The normalized spacial score (nSPS) is 10.5. The second-order valence-electron chi connectivity index (χ2n) is 4.14. The number of unbranched alkanes of at least 4 members (excludes halogenated alkanes) is 5. The molecule has 0 unspecified atom stereocenters. The Hall–Kier alpha value is -0.610. The summed E-state index contributed by atoms with van der Waals surface area (Å²) in [4.78, 5) is 11.3. The Kier molecular flexibility index (Phi) is 13.0. The summed E-state index contributed by atoms with van der Waals surface area (Å²) in [6.07, 6.45) is 7.64. The largest absolute Gasteiger partial charge is 0.463 e. The third-order valence-corrected chi connectivity index (χ3v) is 2.49. The van der Waals surface area contributed by atoms with Gasteiger partial charge in [0, 0.05) is 13.0 Å². The lowest BCUT2D eigenvalue weighted by Gasteiger charge is -2.05. The van der Waals surface area contributed by atoms with Crippen LogP contribution in [0, 0.1) is 0 Å². The molecule has 0 atom stereocenters. The number of ether oxygens (including phenoxy) is 2. The Balaban J connectivity index is 3.12. The second-order valence-corrected chi connectivity index (χ2v) is 4.14. The number of hydrogen-bond acceptors (Lipinski definition) is 4. The van der Waals surface area contributed by atoms with Crippen molar-refractivity contribution >= 4 is 5.97 Å². The molecule has 0 rings (SSSR count).